The van der Waals surface area contributed by atoms with E-state index in [1.54, 1.807) is 0 Å². The van der Waals surface area contributed by atoms with Gasteiger partial charge in [0, 0.05) is 0 Å². The third-order valence-corrected chi connectivity index (χ3v) is 1.66. The van der Waals surface area contributed by atoms with Gasteiger partial charge in [0.05, 0.1) is 0 Å². The Hall–Kier alpha value is -0.520. The smallest absolute Gasteiger partial charge is 0.0227 e. The topological polar surface area (TPSA) is 0 Å². The number of hydrogen-bond donors (Lipinski definition) is 0. The van der Waals surface area contributed by atoms with Gasteiger partial charge in [0.1, 0.15) is 0 Å². The van der Waals surface area contributed by atoms with Crippen molar-refractivity contribution in [3.63, 3.8) is 0 Å². The van der Waals surface area contributed by atoms with E-state index < -0.39 is 0 Å². The van der Waals surface area contributed by atoms with Crippen LogP contribution in [0.25, 0.3) is 0 Å². The van der Waals surface area contributed by atoms with Crippen LogP contribution < -0.4 is 0 Å². The van der Waals surface area contributed by atoms with E-state index in [1.165, 1.54) is 5.57 Å². The molecular formula is C11H20. The second-order valence-electron chi connectivity index (χ2n) is 3.67. The van der Waals surface area contributed by atoms with E-state index in [-0.39, 0.29) is 0 Å². The molecule has 0 aromatic rings. The largest absolute Gasteiger partial charge is 0.103 e. The average molecular weight is 152 g/mol. The number of rotatable bonds is 4. The van der Waals surface area contributed by atoms with Gasteiger partial charge < -0.3 is 0 Å². The molecule has 0 N–H and O–H groups in total. The van der Waals surface area contributed by atoms with E-state index >= 15 is 0 Å². The summed E-state index contributed by atoms with van der Waals surface area (Å²) >= 11 is 0. The fourth-order valence-electron chi connectivity index (χ4n) is 1.23. The summed E-state index contributed by atoms with van der Waals surface area (Å²) in [7, 11) is 0. The van der Waals surface area contributed by atoms with Gasteiger partial charge in [0.15, 0.2) is 0 Å². The van der Waals surface area contributed by atoms with E-state index in [9.17, 15) is 0 Å². The van der Waals surface area contributed by atoms with Gasteiger partial charge in [-0.25, -0.2) is 0 Å². The van der Waals surface area contributed by atoms with Crippen molar-refractivity contribution >= 4 is 0 Å². The molecule has 0 amide bonds. The van der Waals surface area contributed by atoms with Gasteiger partial charge in [-0.3, -0.25) is 0 Å². The van der Waals surface area contributed by atoms with Gasteiger partial charge >= 0.3 is 0 Å². The van der Waals surface area contributed by atoms with Crippen LogP contribution in [0.5, 0.6) is 0 Å². The summed E-state index contributed by atoms with van der Waals surface area (Å²) in [6.07, 6.45) is 5.49. The minimum atomic E-state index is 0.616. The standard InChI is InChI=1S/C11H20/c1-6-10(4)8-11(5)7-9(2)3/h6-7,9-10H,1,8H2,2-5H3. The molecule has 0 saturated heterocycles. The molecular weight excluding hydrogens is 132 g/mol. The van der Waals surface area contributed by atoms with Gasteiger partial charge in [-0.1, -0.05) is 38.5 Å². The third-order valence-electron chi connectivity index (χ3n) is 1.66. The first-order valence-corrected chi connectivity index (χ1v) is 4.36. The SMILES string of the molecule is C=CC(C)CC(C)=CC(C)C. The molecule has 0 heteroatoms. The summed E-state index contributed by atoms with van der Waals surface area (Å²) in [4.78, 5) is 0. The molecule has 0 aliphatic heterocycles. The maximum Gasteiger partial charge on any atom is -0.0227 e. The Kier molecular flexibility index (Phi) is 4.93. The molecule has 0 rings (SSSR count). The van der Waals surface area contributed by atoms with Crippen molar-refractivity contribution in [1.82, 2.24) is 0 Å². The molecule has 0 aliphatic carbocycles. The minimum absolute atomic E-state index is 0.616. The van der Waals surface area contributed by atoms with Crippen molar-refractivity contribution in [2.45, 2.75) is 34.1 Å². The first-order chi connectivity index (χ1) is 5.06. The highest BCUT2D eigenvalue weighted by Gasteiger charge is 1.97. The van der Waals surface area contributed by atoms with Crippen LogP contribution in [0.4, 0.5) is 0 Å². The van der Waals surface area contributed by atoms with Crippen molar-refractivity contribution in [1.29, 1.82) is 0 Å². The van der Waals surface area contributed by atoms with Crippen LogP contribution in [0.1, 0.15) is 34.1 Å². The Bertz CT molecular complexity index is 140. The normalized spacial score (nSPS) is 15.2. The zero-order valence-electron chi connectivity index (χ0n) is 8.22. The number of hydrogen-bond acceptors (Lipinski definition) is 0. The maximum atomic E-state index is 3.77. The molecule has 0 heterocycles. The van der Waals surface area contributed by atoms with Crippen LogP contribution in [0.2, 0.25) is 0 Å². The van der Waals surface area contributed by atoms with E-state index in [0.29, 0.717) is 11.8 Å². The lowest BCUT2D eigenvalue weighted by Gasteiger charge is -2.06. The predicted octanol–water partition coefficient (Wildman–Crippen LogP) is 3.80. The monoisotopic (exact) mass is 152 g/mol. The summed E-state index contributed by atoms with van der Waals surface area (Å²) in [5.74, 6) is 1.29. The Labute approximate surface area is 71.0 Å². The van der Waals surface area contributed by atoms with Crippen LogP contribution in [0, 0.1) is 11.8 Å². The van der Waals surface area contributed by atoms with E-state index in [4.69, 9.17) is 0 Å². The highest BCUT2D eigenvalue weighted by atomic mass is 14.0. The fraction of sp³-hybridized carbons (Fsp3) is 0.636. The molecule has 1 unspecified atom stereocenters. The summed E-state index contributed by atoms with van der Waals surface area (Å²) in [5.41, 5.74) is 1.48. The highest BCUT2D eigenvalue weighted by molar-refractivity contribution is 5.02. The fourth-order valence-corrected chi connectivity index (χ4v) is 1.23. The third kappa shape index (κ3) is 5.90. The van der Waals surface area contributed by atoms with Gasteiger partial charge in [0.2, 0.25) is 0 Å². The van der Waals surface area contributed by atoms with Crippen LogP contribution >= 0.6 is 0 Å². The van der Waals surface area contributed by atoms with Crippen LogP contribution in [-0.4, -0.2) is 0 Å². The second kappa shape index (κ2) is 5.17. The van der Waals surface area contributed by atoms with Gasteiger partial charge in [0.25, 0.3) is 0 Å². The predicted molar refractivity (Wildman–Crippen MR) is 52.6 cm³/mol. The molecule has 0 spiro atoms. The van der Waals surface area contributed by atoms with Crippen LogP contribution in [0.3, 0.4) is 0 Å². The molecule has 0 aromatic heterocycles. The van der Waals surface area contributed by atoms with Gasteiger partial charge in [-0.15, -0.1) is 6.58 Å². The van der Waals surface area contributed by atoms with Crippen molar-refractivity contribution < 1.29 is 0 Å². The molecule has 0 radical (unpaired) electrons. The molecule has 0 fully saturated rings. The zero-order valence-corrected chi connectivity index (χ0v) is 8.22. The van der Waals surface area contributed by atoms with E-state index in [0.717, 1.165) is 6.42 Å². The second-order valence-corrected chi connectivity index (χ2v) is 3.67. The Morgan fingerprint density at radius 2 is 1.91 bits per heavy atom. The van der Waals surface area contributed by atoms with Gasteiger partial charge in [-0.2, -0.15) is 0 Å². The lowest BCUT2D eigenvalue weighted by atomic mass is 10.00. The average Bonchev–Trinajstić information content (AvgIpc) is 1.85. The molecule has 0 nitrogen and oxygen atoms in total. The Morgan fingerprint density at radius 3 is 2.27 bits per heavy atom. The molecule has 1 atom stereocenters. The maximum absolute atomic E-state index is 3.77. The summed E-state index contributed by atoms with van der Waals surface area (Å²) in [5, 5.41) is 0. The quantitative estimate of drug-likeness (QED) is 0.537. The highest BCUT2D eigenvalue weighted by Crippen LogP contribution is 2.13. The molecule has 0 saturated carbocycles. The van der Waals surface area contributed by atoms with Crippen molar-refractivity contribution in [3.8, 4) is 0 Å². The first-order valence-electron chi connectivity index (χ1n) is 4.36. The van der Waals surface area contributed by atoms with E-state index in [1.807, 2.05) is 6.08 Å². The van der Waals surface area contributed by atoms with Crippen molar-refractivity contribution in [3.05, 3.63) is 24.3 Å². The molecule has 0 bridgehead atoms. The molecule has 0 aromatic carbocycles. The van der Waals surface area contributed by atoms with Crippen LogP contribution in [0.15, 0.2) is 24.3 Å². The van der Waals surface area contributed by atoms with E-state index in [2.05, 4.69) is 40.3 Å². The molecule has 0 aliphatic rings. The lowest BCUT2D eigenvalue weighted by molar-refractivity contribution is 0.703. The summed E-state index contributed by atoms with van der Waals surface area (Å²) < 4.78 is 0. The van der Waals surface area contributed by atoms with Gasteiger partial charge in [-0.05, 0) is 25.2 Å². The first kappa shape index (κ1) is 10.5. The lowest BCUT2D eigenvalue weighted by Crippen LogP contribution is -1.91. The van der Waals surface area contributed by atoms with Crippen LogP contribution in [-0.2, 0) is 0 Å². The zero-order chi connectivity index (χ0) is 8.85. The van der Waals surface area contributed by atoms with Crippen molar-refractivity contribution in [2.24, 2.45) is 11.8 Å². The number of allylic oxidation sites excluding steroid dienone is 3. The summed E-state index contributed by atoms with van der Waals surface area (Å²) in [6, 6.07) is 0. The summed E-state index contributed by atoms with van der Waals surface area (Å²) in [6.45, 7) is 12.6. The van der Waals surface area contributed by atoms with Crippen molar-refractivity contribution in [2.75, 3.05) is 0 Å². The Balaban J connectivity index is 3.85. The molecule has 11 heavy (non-hydrogen) atoms. The molecule has 64 valence electrons. The minimum Gasteiger partial charge on any atom is -0.103 e. The Morgan fingerprint density at radius 1 is 1.36 bits per heavy atom.